The first-order valence-corrected chi connectivity index (χ1v) is 9.66. The van der Waals surface area contributed by atoms with Gasteiger partial charge in [0.05, 0.1) is 25.3 Å². The highest BCUT2D eigenvalue weighted by molar-refractivity contribution is 6.07. The van der Waals surface area contributed by atoms with E-state index in [9.17, 15) is 14.4 Å². The summed E-state index contributed by atoms with van der Waals surface area (Å²) in [5, 5.41) is 12.5. The summed E-state index contributed by atoms with van der Waals surface area (Å²) >= 11 is 0. The molecule has 2 aliphatic rings. The monoisotopic (exact) mass is 400 g/mol. The number of amides is 4. The number of rotatable bonds is 7. The van der Waals surface area contributed by atoms with Gasteiger partial charge in [-0.2, -0.15) is 10.3 Å². The molecule has 1 aromatic rings. The van der Waals surface area contributed by atoms with E-state index in [1.54, 1.807) is 18.2 Å². The molecular formula is C20H24N4O5. The molecule has 1 aromatic carbocycles. The lowest BCUT2D eigenvalue weighted by atomic mass is 9.82. The van der Waals surface area contributed by atoms with Gasteiger partial charge in [-0.1, -0.05) is 19.3 Å². The second-order valence-corrected chi connectivity index (χ2v) is 7.18. The van der Waals surface area contributed by atoms with Crippen molar-refractivity contribution in [3.05, 3.63) is 23.8 Å². The number of hydrogen-bond donors (Lipinski definition) is 2. The Balaban J connectivity index is 1.46. The van der Waals surface area contributed by atoms with Gasteiger partial charge in [-0.15, -0.1) is 0 Å². The van der Waals surface area contributed by atoms with Crippen molar-refractivity contribution in [2.75, 3.05) is 13.7 Å². The number of nitrogens with zero attached hydrogens (tertiary/aromatic N) is 2. The number of ether oxygens (including phenoxy) is 2. The molecule has 0 bridgehead atoms. The zero-order valence-corrected chi connectivity index (χ0v) is 16.3. The third-order valence-corrected chi connectivity index (χ3v) is 5.20. The van der Waals surface area contributed by atoms with E-state index < -0.39 is 17.5 Å². The van der Waals surface area contributed by atoms with Gasteiger partial charge < -0.3 is 14.8 Å². The quantitative estimate of drug-likeness (QED) is 0.533. The Morgan fingerprint density at radius 3 is 2.72 bits per heavy atom. The maximum Gasteiger partial charge on any atom is 0.344 e. The molecule has 0 radical (unpaired) electrons. The molecule has 0 aromatic heterocycles. The highest BCUT2D eigenvalue weighted by atomic mass is 16.5. The first-order valence-electron chi connectivity index (χ1n) is 9.66. The van der Waals surface area contributed by atoms with E-state index in [0.29, 0.717) is 36.3 Å². The minimum Gasteiger partial charge on any atom is -0.493 e. The number of carbonyl (C=O) groups excluding carboxylic acids is 3. The van der Waals surface area contributed by atoms with E-state index in [0.717, 1.165) is 24.3 Å². The SMILES string of the molecule is COc1cc(C#N)ccc1OCCCC(=O)NN1C(=O)NC2(CCCCC2)C1=O. The molecule has 4 amide bonds. The van der Waals surface area contributed by atoms with Gasteiger partial charge in [-0.3, -0.25) is 15.0 Å². The summed E-state index contributed by atoms with van der Waals surface area (Å²) < 4.78 is 10.8. The Kier molecular flexibility index (Phi) is 6.22. The fourth-order valence-corrected chi connectivity index (χ4v) is 3.67. The van der Waals surface area contributed by atoms with Crippen molar-refractivity contribution in [1.29, 1.82) is 5.26 Å². The lowest BCUT2D eigenvalue weighted by Crippen LogP contribution is -2.50. The number of nitrogens with one attached hydrogen (secondary N) is 2. The zero-order chi connectivity index (χ0) is 20.9. The van der Waals surface area contributed by atoms with Crippen molar-refractivity contribution in [2.45, 2.75) is 50.5 Å². The molecule has 0 unspecified atom stereocenters. The van der Waals surface area contributed by atoms with Crippen LogP contribution in [-0.4, -0.2) is 42.1 Å². The number of hydrogen-bond acceptors (Lipinski definition) is 6. The fraction of sp³-hybridized carbons (Fsp3) is 0.500. The lowest BCUT2D eigenvalue weighted by molar-refractivity contribution is -0.140. The average Bonchev–Trinajstić information content (AvgIpc) is 2.95. The topological polar surface area (TPSA) is 121 Å². The van der Waals surface area contributed by atoms with Crippen LogP contribution < -0.4 is 20.2 Å². The largest absolute Gasteiger partial charge is 0.493 e. The minimum atomic E-state index is -0.863. The molecule has 1 aliphatic heterocycles. The summed E-state index contributed by atoms with van der Waals surface area (Å²) in [4.78, 5) is 37.0. The smallest absolute Gasteiger partial charge is 0.344 e. The Bertz CT molecular complexity index is 842. The molecule has 2 fully saturated rings. The first-order chi connectivity index (χ1) is 14.0. The Morgan fingerprint density at radius 2 is 2.03 bits per heavy atom. The number of hydrazine groups is 1. The van der Waals surface area contributed by atoms with Gasteiger partial charge in [0, 0.05) is 12.5 Å². The van der Waals surface area contributed by atoms with Crippen LogP contribution in [0.2, 0.25) is 0 Å². The second-order valence-electron chi connectivity index (χ2n) is 7.18. The number of methoxy groups -OCH3 is 1. The molecule has 154 valence electrons. The van der Waals surface area contributed by atoms with Gasteiger partial charge in [-0.05, 0) is 31.4 Å². The van der Waals surface area contributed by atoms with Crippen LogP contribution in [0.5, 0.6) is 11.5 Å². The summed E-state index contributed by atoms with van der Waals surface area (Å²) in [5.41, 5.74) is 2.00. The molecule has 2 N–H and O–H groups in total. The van der Waals surface area contributed by atoms with Gasteiger partial charge in [-0.25, -0.2) is 4.79 Å². The zero-order valence-electron chi connectivity index (χ0n) is 16.3. The Labute approximate surface area is 168 Å². The van der Waals surface area contributed by atoms with Crippen LogP contribution in [0.25, 0.3) is 0 Å². The molecule has 1 aliphatic carbocycles. The summed E-state index contributed by atoms with van der Waals surface area (Å²) in [6, 6.07) is 6.26. The van der Waals surface area contributed by atoms with E-state index >= 15 is 0 Å². The lowest BCUT2D eigenvalue weighted by Gasteiger charge is -2.30. The van der Waals surface area contributed by atoms with Gasteiger partial charge in [0.2, 0.25) is 5.91 Å². The molecule has 29 heavy (non-hydrogen) atoms. The number of benzene rings is 1. The van der Waals surface area contributed by atoms with Crippen molar-refractivity contribution in [1.82, 2.24) is 15.8 Å². The molecule has 9 nitrogen and oxygen atoms in total. The molecule has 1 saturated heterocycles. The standard InChI is InChI=1S/C20H24N4O5/c1-28-16-12-14(13-21)7-8-15(16)29-11-5-6-17(25)23-24-18(26)20(22-19(24)27)9-3-2-4-10-20/h7-8,12H,2-6,9-11H2,1H3,(H,22,27)(H,23,25). The van der Waals surface area contributed by atoms with Crippen LogP contribution in [0.15, 0.2) is 18.2 Å². The third kappa shape index (κ3) is 4.42. The van der Waals surface area contributed by atoms with E-state index in [2.05, 4.69) is 10.7 Å². The maximum absolute atomic E-state index is 12.6. The van der Waals surface area contributed by atoms with E-state index in [1.807, 2.05) is 6.07 Å². The van der Waals surface area contributed by atoms with Gasteiger partial charge in [0.15, 0.2) is 11.5 Å². The number of nitriles is 1. The van der Waals surface area contributed by atoms with Crippen LogP contribution >= 0.6 is 0 Å². The van der Waals surface area contributed by atoms with E-state index in [4.69, 9.17) is 14.7 Å². The van der Waals surface area contributed by atoms with E-state index in [-0.39, 0.29) is 18.9 Å². The summed E-state index contributed by atoms with van der Waals surface area (Å²) in [6.45, 7) is 0.236. The van der Waals surface area contributed by atoms with Crippen LogP contribution in [-0.2, 0) is 9.59 Å². The summed E-state index contributed by atoms with van der Waals surface area (Å²) in [6.07, 6.45) is 4.47. The summed E-state index contributed by atoms with van der Waals surface area (Å²) in [7, 11) is 1.48. The fourth-order valence-electron chi connectivity index (χ4n) is 3.67. The molecular weight excluding hydrogens is 376 g/mol. The Hall–Kier alpha value is -3.28. The van der Waals surface area contributed by atoms with Crippen LogP contribution in [0.1, 0.15) is 50.5 Å². The van der Waals surface area contributed by atoms with Crippen LogP contribution in [0.3, 0.4) is 0 Å². The van der Waals surface area contributed by atoms with Crippen LogP contribution in [0.4, 0.5) is 4.79 Å². The van der Waals surface area contributed by atoms with E-state index in [1.165, 1.54) is 7.11 Å². The molecule has 9 heteroatoms. The van der Waals surface area contributed by atoms with Crippen molar-refractivity contribution in [2.24, 2.45) is 0 Å². The van der Waals surface area contributed by atoms with Crippen LogP contribution in [0, 0.1) is 11.3 Å². The summed E-state index contributed by atoms with van der Waals surface area (Å²) in [5.74, 6) is 0.0942. The van der Waals surface area contributed by atoms with Crippen molar-refractivity contribution in [3.8, 4) is 17.6 Å². The molecule has 1 saturated carbocycles. The average molecular weight is 400 g/mol. The highest BCUT2D eigenvalue weighted by Crippen LogP contribution is 2.33. The maximum atomic E-state index is 12.6. The van der Waals surface area contributed by atoms with Crippen molar-refractivity contribution >= 4 is 17.8 Å². The minimum absolute atomic E-state index is 0.0860. The second kappa shape index (κ2) is 8.82. The normalized spacial score (nSPS) is 17.6. The first kappa shape index (κ1) is 20.5. The number of imide groups is 1. The van der Waals surface area contributed by atoms with Gasteiger partial charge in [0.25, 0.3) is 5.91 Å². The third-order valence-electron chi connectivity index (χ3n) is 5.20. The van der Waals surface area contributed by atoms with Gasteiger partial charge >= 0.3 is 6.03 Å². The molecule has 1 heterocycles. The molecule has 0 atom stereocenters. The van der Waals surface area contributed by atoms with Gasteiger partial charge in [0.1, 0.15) is 5.54 Å². The molecule has 3 rings (SSSR count). The molecule has 1 spiro atoms. The predicted molar refractivity (Wildman–Crippen MR) is 102 cm³/mol. The van der Waals surface area contributed by atoms with Crippen molar-refractivity contribution in [3.63, 3.8) is 0 Å². The highest BCUT2D eigenvalue weighted by Gasteiger charge is 2.52. The predicted octanol–water partition coefficient (Wildman–Crippen LogP) is 2.01. The number of carbonyl (C=O) groups is 3. The Morgan fingerprint density at radius 1 is 1.28 bits per heavy atom. The van der Waals surface area contributed by atoms with Crippen molar-refractivity contribution < 1.29 is 23.9 Å². The number of urea groups is 1.